The van der Waals surface area contributed by atoms with Crippen LogP contribution in [0.2, 0.25) is 0 Å². The van der Waals surface area contributed by atoms with E-state index in [0.717, 1.165) is 33.9 Å². The van der Waals surface area contributed by atoms with Crippen molar-refractivity contribution in [3.05, 3.63) is 145 Å². The maximum absolute atomic E-state index is 5.12. The molecule has 0 saturated carbocycles. The summed E-state index contributed by atoms with van der Waals surface area (Å²) >= 11 is 0. The first-order chi connectivity index (χ1) is 21.1. The van der Waals surface area contributed by atoms with E-state index >= 15 is 0 Å². The first kappa shape index (κ1) is 24.3. The third-order valence-electron chi connectivity index (χ3n) is 9.43. The molecule has 0 N–H and O–H groups in total. The Morgan fingerprint density at radius 3 is 1.81 bits per heavy atom. The zero-order valence-electron chi connectivity index (χ0n) is 24.1. The quantitative estimate of drug-likeness (QED) is 0.219. The van der Waals surface area contributed by atoms with E-state index in [-0.39, 0.29) is 5.41 Å². The average molecular weight is 549 g/mol. The molecule has 7 aromatic rings. The van der Waals surface area contributed by atoms with Gasteiger partial charge in [-0.25, -0.2) is 9.97 Å². The molecule has 1 aromatic heterocycles. The van der Waals surface area contributed by atoms with E-state index < -0.39 is 0 Å². The van der Waals surface area contributed by atoms with Crippen LogP contribution in [0.5, 0.6) is 0 Å². The maximum Gasteiger partial charge on any atom is 0.160 e. The molecule has 6 aromatic carbocycles. The number of benzene rings is 6. The molecule has 1 heterocycles. The molecule has 2 heteroatoms. The molecule has 0 spiro atoms. The highest BCUT2D eigenvalue weighted by Gasteiger charge is 2.39. The number of aromatic nitrogens is 2. The standard InChI is InChI=1S/C41H28N2/c1-41(2)34-22-27(37-24-36(25-12-5-3-6-13-25)42-40(43-37)26-14-7-4-8-15-26)20-21-31(34)39-32-19-11-18-30-28-16-9-10-17-29(28)33(38(30)32)23-35(39)41/h3-24H,1-2H3. The molecule has 202 valence electrons. The lowest BCUT2D eigenvalue weighted by Gasteiger charge is -2.23. The Bertz CT molecular complexity index is 2190. The molecule has 2 nitrogen and oxygen atoms in total. The summed E-state index contributed by atoms with van der Waals surface area (Å²) in [6.07, 6.45) is 0. The van der Waals surface area contributed by atoms with Crippen LogP contribution in [-0.2, 0) is 5.41 Å². The van der Waals surface area contributed by atoms with Crippen molar-refractivity contribution in [2.75, 3.05) is 0 Å². The topological polar surface area (TPSA) is 25.8 Å². The van der Waals surface area contributed by atoms with Gasteiger partial charge in [0.15, 0.2) is 5.82 Å². The largest absolute Gasteiger partial charge is 0.228 e. The molecule has 0 saturated heterocycles. The zero-order chi connectivity index (χ0) is 28.7. The van der Waals surface area contributed by atoms with Gasteiger partial charge in [-0.2, -0.15) is 0 Å². The van der Waals surface area contributed by atoms with Crippen molar-refractivity contribution in [3.8, 4) is 67.3 Å². The Morgan fingerprint density at radius 2 is 1.07 bits per heavy atom. The van der Waals surface area contributed by atoms with E-state index in [1.54, 1.807) is 0 Å². The second kappa shape index (κ2) is 8.83. The molecule has 0 amide bonds. The summed E-state index contributed by atoms with van der Waals surface area (Å²) in [4.78, 5) is 10.1. The van der Waals surface area contributed by atoms with Crippen LogP contribution in [0.3, 0.4) is 0 Å². The number of rotatable bonds is 3. The highest BCUT2D eigenvalue weighted by molar-refractivity contribution is 6.20. The predicted octanol–water partition coefficient (Wildman–Crippen LogP) is 10.6. The molecule has 0 radical (unpaired) electrons. The second-order valence-electron chi connectivity index (χ2n) is 12.2. The van der Waals surface area contributed by atoms with Crippen molar-refractivity contribution in [2.24, 2.45) is 0 Å². The fourth-order valence-electron chi connectivity index (χ4n) is 7.31. The SMILES string of the molecule is CC1(C)c2cc(-c3cc(-c4ccccc4)nc(-c4ccccc4)n3)ccc2-c2c1cc1c3c(cccc23)-c2ccccc2-1. The summed E-state index contributed by atoms with van der Waals surface area (Å²) < 4.78 is 0. The average Bonchev–Trinajstić information content (AvgIpc) is 3.51. The van der Waals surface area contributed by atoms with Crippen molar-refractivity contribution in [1.82, 2.24) is 9.97 Å². The molecule has 0 atom stereocenters. The Hall–Kier alpha value is -5.34. The smallest absolute Gasteiger partial charge is 0.160 e. The van der Waals surface area contributed by atoms with Gasteiger partial charge in [0.2, 0.25) is 0 Å². The summed E-state index contributed by atoms with van der Waals surface area (Å²) in [6.45, 7) is 4.74. The fraction of sp³-hybridized carbons (Fsp3) is 0.0732. The Morgan fingerprint density at radius 1 is 0.442 bits per heavy atom. The normalized spacial score (nSPS) is 13.5. The highest BCUT2D eigenvalue weighted by Crippen LogP contribution is 2.57. The predicted molar refractivity (Wildman–Crippen MR) is 178 cm³/mol. The number of hydrogen-bond acceptors (Lipinski definition) is 2. The lowest BCUT2D eigenvalue weighted by atomic mass is 9.80. The van der Waals surface area contributed by atoms with Crippen LogP contribution >= 0.6 is 0 Å². The molecule has 9 rings (SSSR count). The van der Waals surface area contributed by atoms with Gasteiger partial charge < -0.3 is 0 Å². The molecular formula is C41H28N2. The van der Waals surface area contributed by atoms with Gasteiger partial charge in [0.1, 0.15) is 0 Å². The summed E-state index contributed by atoms with van der Waals surface area (Å²) in [5.74, 6) is 0.740. The summed E-state index contributed by atoms with van der Waals surface area (Å²) in [5, 5.41) is 2.73. The molecule has 2 aliphatic carbocycles. The molecule has 0 unspecified atom stereocenters. The summed E-state index contributed by atoms with van der Waals surface area (Å²) in [6, 6.07) is 47.9. The maximum atomic E-state index is 5.12. The monoisotopic (exact) mass is 548 g/mol. The number of hydrogen-bond donors (Lipinski definition) is 0. The number of nitrogens with zero attached hydrogens (tertiary/aromatic N) is 2. The van der Waals surface area contributed by atoms with E-state index in [2.05, 4.69) is 123 Å². The van der Waals surface area contributed by atoms with Gasteiger partial charge >= 0.3 is 0 Å². The third-order valence-corrected chi connectivity index (χ3v) is 9.43. The van der Waals surface area contributed by atoms with E-state index in [4.69, 9.17) is 9.97 Å². The number of fused-ring (bicyclic) bond motifs is 7. The van der Waals surface area contributed by atoms with E-state index in [9.17, 15) is 0 Å². The van der Waals surface area contributed by atoms with E-state index in [1.807, 2.05) is 24.3 Å². The minimum Gasteiger partial charge on any atom is -0.228 e. The third kappa shape index (κ3) is 3.47. The van der Waals surface area contributed by atoms with Crippen molar-refractivity contribution in [1.29, 1.82) is 0 Å². The van der Waals surface area contributed by atoms with Crippen LogP contribution in [0.25, 0.3) is 78.1 Å². The Labute approximate surface area is 251 Å². The Kier molecular flexibility index (Phi) is 4.99. The van der Waals surface area contributed by atoms with E-state index in [0.29, 0.717) is 0 Å². The summed E-state index contributed by atoms with van der Waals surface area (Å²) in [7, 11) is 0. The highest BCUT2D eigenvalue weighted by atomic mass is 14.9. The van der Waals surface area contributed by atoms with Crippen molar-refractivity contribution in [2.45, 2.75) is 19.3 Å². The first-order valence-electron chi connectivity index (χ1n) is 14.9. The molecule has 0 aliphatic heterocycles. The van der Waals surface area contributed by atoms with Crippen LogP contribution in [-0.4, -0.2) is 9.97 Å². The minimum atomic E-state index is -0.156. The van der Waals surface area contributed by atoms with Crippen LogP contribution in [0.15, 0.2) is 133 Å². The lowest BCUT2D eigenvalue weighted by molar-refractivity contribution is 0.661. The van der Waals surface area contributed by atoms with Gasteiger partial charge in [0.25, 0.3) is 0 Å². The van der Waals surface area contributed by atoms with Crippen molar-refractivity contribution < 1.29 is 0 Å². The van der Waals surface area contributed by atoms with Gasteiger partial charge in [-0.3, -0.25) is 0 Å². The molecule has 43 heavy (non-hydrogen) atoms. The van der Waals surface area contributed by atoms with Gasteiger partial charge in [0, 0.05) is 22.1 Å². The first-order valence-corrected chi connectivity index (χ1v) is 14.9. The molecule has 0 fully saturated rings. The Balaban J connectivity index is 1.25. The molecule has 2 aliphatic rings. The van der Waals surface area contributed by atoms with Crippen LogP contribution in [0, 0.1) is 0 Å². The molecule has 0 bridgehead atoms. The van der Waals surface area contributed by atoms with Crippen molar-refractivity contribution in [3.63, 3.8) is 0 Å². The lowest BCUT2D eigenvalue weighted by Crippen LogP contribution is -2.15. The van der Waals surface area contributed by atoms with Crippen LogP contribution in [0.4, 0.5) is 0 Å². The van der Waals surface area contributed by atoms with Gasteiger partial charge in [-0.15, -0.1) is 0 Å². The van der Waals surface area contributed by atoms with Gasteiger partial charge in [-0.05, 0) is 73.5 Å². The zero-order valence-corrected chi connectivity index (χ0v) is 24.1. The fourth-order valence-corrected chi connectivity index (χ4v) is 7.31. The van der Waals surface area contributed by atoms with Gasteiger partial charge in [0.05, 0.1) is 11.4 Å². The van der Waals surface area contributed by atoms with Gasteiger partial charge in [-0.1, -0.05) is 129 Å². The second-order valence-corrected chi connectivity index (χ2v) is 12.2. The van der Waals surface area contributed by atoms with E-state index in [1.165, 1.54) is 55.3 Å². The van der Waals surface area contributed by atoms with Crippen molar-refractivity contribution >= 4 is 10.8 Å². The van der Waals surface area contributed by atoms with Crippen LogP contribution in [0.1, 0.15) is 25.0 Å². The molecular weight excluding hydrogens is 520 g/mol. The van der Waals surface area contributed by atoms with Crippen LogP contribution < -0.4 is 0 Å². The minimum absolute atomic E-state index is 0.156. The summed E-state index contributed by atoms with van der Waals surface area (Å²) in [5.41, 5.74) is 15.7.